The van der Waals surface area contributed by atoms with E-state index in [4.69, 9.17) is 0 Å². The Balaban J connectivity index is 1.71. The summed E-state index contributed by atoms with van der Waals surface area (Å²) in [6.07, 6.45) is 0. The summed E-state index contributed by atoms with van der Waals surface area (Å²) in [5, 5.41) is 2.84. The van der Waals surface area contributed by atoms with Gasteiger partial charge in [0.1, 0.15) is 11.6 Å². The number of anilines is 1. The predicted octanol–water partition coefficient (Wildman–Crippen LogP) is 4.93. The summed E-state index contributed by atoms with van der Waals surface area (Å²) < 4.78 is 13.4. The first kappa shape index (κ1) is 16.0. The Bertz CT molecular complexity index is 1120. The van der Waals surface area contributed by atoms with Crippen molar-refractivity contribution < 1.29 is 9.18 Å². The summed E-state index contributed by atoms with van der Waals surface area (Å²) in [5.41, 5.74) is 4.58. The van der Waals surface area contributed by atoms with Crippen molar-refractivity contribution in [1.82, 2.24) is 9.97 Å². The van der Waals surface area contributed by atoms with Crippen LogP contribution in [-0.2, 0) is 0 Å². The number of hydrogen-bond acceptors (Lipinski definition) is 2. The second kappa shape index (κ2) is 6.44. The van der Waals surface area contributed by atoms with Crippen LogP contribution in [0, 0.1) is 12.7 Å². The third kappa shape index (κ3) is 3.07. The minimum atomic E-state index is -0.446. The van der Waals surface area contributed by atoms with Crippen LogP contribution >= 0.6 is 0 Å². The fraction of sp³-hybridized carbons (Fsp3) is 0.0476. The number of aromatic amines is 1. The molecule has 0 atom stereocenters. The first-order chi connectivity index (χ1) is 12.6. The molecule has 0 aliphatic carbocycles. The van der Waals surface area contributed by atoms with Crippen LogP contribution in [0.1, 0.15) is 15.9 Å². The van der Waals surface area contributed by atoms with Crippen LogP contribution in [0.4, 0.5) is 10.1 Å². The zero-order valence-corrected chi connectivity index (χ0v) is 14.1. The lowest BCUT2D eigenvalue weighted by atomic mass is 10.1. The van der Waals surface area contributed by atoms with Crippen molar-refractivity contribution in [3.05, 3.63) is 83.7 Å². The highest BCUT2D eigenvalue weighted by atomic mass is 19.1. The van der Waals surface area contributed by atoms with Crippen molar-refractivity contribution in [3.63, 3.8) is 0 Å². The van der Waals surface area contributed by atoms with E-state index in [1.165, 1.54) is 18.2 Å². The van der Waals surface area contributed by atoms with Crippen molar-refractivity contribution >= 4 is 22.6 Å². The van der Waals surface area contributed by atoms with E-state index in [2.05, 4.69) is 15.3 Å². The number of fused-ring (bicyclic) bond motifs is 1. The van der Waals surface area contributed by atoms with Gasteiger partial charge in [0.05, 0.1) is 16.7 Å². The van der Waals surface area contributed by atoms with Gasteiger partial charge in [0.15, 0.2) is 0 Å². The fourth-order valence-corrected chi connectivity index (χ4v) is 2.87. The smallest absolute Gasteiger partial charge is 0.255 e. The minimum Gasteiger partial charge on any atom is -0.338 e. The number of imidazole rings is 1. The van der Waals surface area contributed by atoms with E-state index in [-0.39, 0.29) is 11.5 Å². The summed E-state index contributed by atoms with van der Waals surface area (Å²) in [6, 6.07) is 19.0. The van der Waals surface area contributed by atoms with Crippen molar-refractivity contribution in [1.29, 1.82) is 0 Å². The van der Waals surface area contributed by atoms with Gasteiger partial charge in [-0.2, -0.15) is 0 Å². The summed E-state index contributed by atoms with van der Waals surface area (Å²) >= 11 is 0. The van der Waals surface area contributed by atoms with Crippen LogP contribution in [0.3, 0.4) is 0 Å². The first-order valence-electron chi connectivity index (χ1n) is 8.23. The standard InChI is InChI=1S/C21H16FN3O/c1-13-9-10-18-19(11-13)24-20(23-18)16-7-2-3-8-17(16)25-21(26)14-5-4-6-15(22)12-14/h2-12H,1H3,(H,23,24)(H,25,26). The maximum Gasteiger partial charge on any atom is 0.255 e. The van der Waals surface area contributed by atoms with Crippen molar-refractivity contribution in [3.8, 4) is 11.4 Å². The van der Waals surface area contributed by atoms with Crippen LogP contribution < -0.4 is 5.32 Å². The van der Waals surface area contributed by atoms with E-state index in [0.29, 0.717) is 11.5 Å². The number of aromatic nitrogens is 2. The molecule has 1 aromatic heterocycles. The molecule has 0 spiro atoms. The molecule has 1 heterocycles. The molecule has 4 nitrogen and oxygen atoms in total. The van der Waals surface area contributed by atoms with Gasteiger partial charge in [-0.05, 0) is 55.0 Å². The molecule has 4 aromatic rings. The van der Waals surface area contributed by atoms with Gasteiger partial charge in [0, 0.05) is 11.1 Å². The van der Waals surface area contributed by atoms with Gasteiger partial charge in [0.2, 0.25) is 0 Å². The number of amides is 1. The quantitative estimate of drug-likeness (QED) is 0.553. The molecule has 0 bridgehead atoms. The number of para-hydroxylation sites is 1. The lowest BCUT2D eigenvalue weighted by molar-refractivity contribution is 0.102. The van der Waals surface area contributed by atoms with Crippen LogP contribution in [0.5, 0.6) is 0 Å². The zero-order valence-electron chi connectivity index (χ0n) is 14.1. The van der Waals surface area contributed by atoms with E-state index in [1.54, 1.807) is 12.1 Å². The summed E-state index contributed by atoms with van der Waals surface area (Å²) in [7, 11) is 0. The van der Waals surface area contributed by atoms with Crippen molar-refractivity contribution in [2.24, 2.45) is 0 Å². The van der Waals surface area contributed by atoms with Gasteiger partial charge in [-0.25, -0.2) is 9.37 Å². The molecule has 26 heavy (non-hydrogen) atoms. The zero-order chi connectivity index (χ0) is 18.1. The second-order valence-corrected chi connectivity index (χ2v) is 6.12. The van der Waals surface area contributed by atoms with Crippen molar-refractivity contribution in [2.75, 3.05) is 5.32 Å². The molecule has 4 rings (SSSR count). The fourth-order valence-electron chi connectivity index (χ4n) is 2.87. The minimum absolute atomic E-state index is 0.264. The van der Waals surface area contributed by atoms with Gasteiger partial charge >= 0.3 is 0 Å². The first-order valence-corrected chi connectivity index (χ1v) is 8.23. The summed E-state index contributed by atoms with van der Waals surface area (Å²) in [6.45, 7) is 2.02. The molecule has 0 saturated carbocycles. The van der Waals surface area contributed by atoms with E-state index >= 15 is 0 Å². The number of H-pyrrole nitrogens is 1. The highest BCUT2D eigenvalue weighted by Crippen LogP contribution is 2.28. The molecule has 1 amide bonds. The summed E-state index contributed by atoms with van der Waals surface area (Å²) in [5.74, 6) is -0.150. The third-order valence-corrected chi connectivity index (χ3v) is 4.15. The number of nitrogens with zero attached hydrogens (tertiary/aromatic N) is 1. The Labute approximate surface area is 149 Å². The Morgan fingerprint density at radius 2 is 1.88 bits per heavy atom. The van der Waals surface area contributed by atoms with Crippen LogP contribution in [-0.4, -0.2) is 15.9 Å². The number of rotatable bonds is 3. The maximum atomic E-state index is 13.4. The maximum absolute atomic E-state index is 13.4. The highest BCUT2D eigenvalue weighted by Gasteiger charge is 2.13. The molecule has 128 valence electrons. The monoisotopic (exact) mass is 345 g/mol. The highest BCUT2D eigenvalue weighted by molar-refractivity contribution is 6.06. The largest absolute Gasteiger partial charge is 0.338 e. The lowest BCUT2D eigenvalue weighted by Gasteiger charge is -2.09. The molecule has 0 fully saturated rings. The number of hydrogen-bond donors (Lipinski definition) is 2. The molecule has 0 radical (unpaired) electrons. The Kier molecular flexibility index (Phi) is 3.97. The average molecular weight is 345 g/mol. The molecular weight excluding hydrogens is 329 g/mol. The average Bonchev–Trinajstić information content (AvgIpc) is 3.05. The van der Waals surface area contributed by atoms with E-state index in [0.717, 1.165) is 22.2 Å². The number of halogens is 1. The molecule has 2 N–H and O–H groups in total. The Hall–Kier alpha value is -3.47. The predicted molar refractivity (Wildman–Crippen MR) is 101 cm³/mol. The lowest BCUT2D eigenvalue weighted by Crippen LogP contribution is -2.12. The number of nitrogens with one attached hydrogen (secondary N) is 2. The number of carbonyl (C=O) groups excluding carboxylic acids is 1. The van der Waals surface area contributed by atoms with Crippen LogP contribution in [0.15, 0.2) is 66.7 Å². The SMILES string of the molecule is Cc1ccc2nc(-c3ccccc3NC(=O)c3cccc(F)c3)[nH]c2c1. The van der Waals surface area contributed by atoms with Crippen molar-refractivity contribution in [2.45, 2.75) is 6.92 Å². The molecule has 3 aromatic carbocycles. The second-order valence-electron chi connectivity index (χ2n) is 6.12. The van der Waals surface area contributed by atoms with E-state index < -0.39 is 5.82 Å². The van der Waals surface area contributed by atoms with E-state index in [9.17, 15) is 9.18 Å². The molecular formula is C21H16FN3O. The summed E-state index contributed by atoms with van der Waals surface area (Å²) in [4.78, 5) is 20.4. The van der Waals surface area contributed by atoms with Gasteiger partial charge in [-0.15, -0.1) is 0 Å². The van der Waals surface area contributed by atoms with Gasteiger partial charge in [-0.3, -0.25) is 4.79 Å². The number of benzene rings is 3. The van der Waals surface area contributed by atoms with Crippen LogP contribution in [0.2, 0.25) is 0 Å². The number of aryl methyl sites for hydroxylation is 1. The normalized spacial score (nSPS) is 10.8. The third-order valence-electron chi connectivity index (χ3n) is 4.15. The molecule has 0 unspecified atom stereocenters. The van der Waals surface area contributed by atoms with Crippen LogP contribution in [0.25, 0.3) is 22.4 Å². The van der Waals surface area contributed by atoms with Gasteiger partial charge in [0.25, 0.3) is 5.91 Å². The van der Waals surface area contributed by atoms with E-state index in [1.807, 2.05) is 43.3 Å². The topological polar surface area (TPSA) is 57.8 Å². The Morgan fingerprint density at radius 3 is 2.73 bits per heavy atom. The van der Waals surface area contributed by atoms with Gasteiger partial charge < -0.3 is 10.3 Å². The Morgan fingerprint density at radius 1 is 1.04 bits per heavy atom. The molecule has 0 aliphatic heterocycles. The molecule has 5 heteroatoms. The molecule has 0 aliphatic rings. The number of carbonyl (C=O) groups is 1. The molecule has 0 saturated heterocycles. The van der Waals surface area contributed by atoms with Gasteiger partial charge in [-0.1, -0.05) is 24.3 Å².